The Morgan fingerprint density at radius 1 is 0.796 bits per heavy atom. The molecule has 10 nitrogen and oxygen atoms in total. The van der Waals surface area contributed by atoms with Gasteiger partial charge >= 0.3 is 0 Å². The van der Waals surface area contributed by atoms with Crippen molar-refractivity contribution in [2.45, 2.75) is 18.9 Å². The average molecular weight is 696 g/mol. The Bertz CT molecular complexity index is 1390. The normalized spacial score (nSPS) is 14.6. The van der Waals surface area contributed by atoms with Crippen LogP contribution in [0.1, 0.15) is 35.6 Å². The molecule has 3 aromatic rings. The second kappa shape index (κ2) is 22.3. The standard InChI is InChI=1S/C38H50ClN3O7/c1-44-24-26-46-29-48-35-16-10-31(28-36(35)49-30-47-27-25-45-2)11-17-37(43)40-18-6-7-19-41-20-22-42(23-21-41)38(32-8-4-3-5-9-32)33-12-14-34(39)15-13-33/h3-5,8-17,28,38H,6-7,18-27,29-30H2,1-2H3,(H,40,43). The first-order valence-corrected chi connectivity index (χ1v) is 17.2. The molecule has 1 aliphatic heterocycles. The molecule has 1 atom stereocenters. The summed E-state index contributed by atoms with van der Waals surface area (Å²) in [6.07, 6.45) is 5.22. The third-order valence-corrected chi connectivity index (χ3v) is 8.38. The second-order valence-electron chi connectivity index (χ2n) is 11.6. The van der Waals surface area contributed by atoms with Crippen LogP contribution in [0.5, 0.6) is 11.5 Å². The molecular weight excluding hydrogens is 646 g/mol. The van der Waals surface area contributed by atoms with Gasteiger partial charge in [0.1, 0.15) is 0 Å². The molecule has 1 unspecified atom stereocenters. The van der Waals surface area contributed by atoms with Gasteiger partial charge in [-0.25, -0.2) is 0 Å². The van der Waals surface area contributed by atoms with Crippen molar-refractivity contribution in [2.24, 2.45) is 0 Å². The summed E-state index contributed by atoms with van der Waals surface area (Å²) in [5.41, 5.74) is 3.35. The zero-order valence-corrected chi connectivity index (χ0v) is 29.4. The van der Waals surface area contributed by atoms with Crippen LogP contribution in [-0.4, -0.2) is 109 Å². The Morgan fingerprint density at radius 2 is 1.45 bits per heavy atom. The van der Waals surface area contributed by atoms with Gasteiger partial charge < -0.3 is 38.6 Å². The Balaban J connectivity index is 1.17. The van der Waals surface area contributed by atoms with Crippen LogP contribution in [0.3, 0.4) is 0 Å². The highest BCUT2D eigenvalue weighted by atomic mass is 35.5. The maximum atomic E-state index is 12.5. The Labute approximate surface area is 295 Å². The number of unbranched alkanes of at least 4 members (excludes halogenated alkanes) is 1. The largest absolute Gasteiger partial charge is 0.464 e. The van der Waals surface area contributed by atoms with Gasteiger partial charge in [-0.05, 0) is 66.4 Å². The van der Waals surface area contributed by atoms with Crippen LogP contribution < -0.4 is 14.8 Å². The number of nitrogens with zero attached hydrogens (tertiary/aromatic N) is 2. The number of benzene rings is 3. The van der Waals surface area contributed by atoms with Gasteiger partial charge in [-0.1, -0.05) is 60.1 Å². The molecule has 4 rings (SSSR count). The summed E-state index contributed by atoms with van der Waals surface area (Å²) in [6.45, 7) is 7.51. The predicted molar refractivity (Wildman–Crippen MR) is 192 cm³/mol. The zero-order chi connectivity index (χ0) is 34.5. The molecule has 0 saturated carbocycles. The Morgan fingerprint density at radius 3 is 2.12 bits per heavy atom. The molecule has 1 amide bonds. The van der Waals surface area contributed by atoms with Gasteiger partial charge in [-0.15, -0.1) is 0 Å². The number of hydrogen-bond acceptors (Lipinski definition) is 9. The maximum absolute atomic E-state index is 12.5. The van der Waals surface area contributed by atoms with Gasteiger partial charge in [0.25, 0.3) is 0 Å². The van der Waals surface area contributed by atoms with Crippen molar-refractivity contribution < 1.29 is 33.2 Å². The Kier molecular flexibility index (Phi) is 17.4. The minimum atomic E-state index is -0.139. The van der Waals surface area contributed by atoms with Crippen molar-refractivity contribution in [1.82, 2.24) is 15.1 Å². The van der Waals surface area contributed by atoms with E-state index in [1.54, 1.807) is 32.4 Å². The van der Waals surface area contributed by atoms with Gasteiger partial charge in [0.2, 0.25) is 5.91 Å². The van der Waals surface area contributed by atoms with E-state index in [1.807, 2.05) is 18.2 Å². The first kappa shape index (κ1) is 38.3. The molecule has 11 heteroatoms. The lowest BCUT2D eigenvalue weighted by Crippen LogP contribution is -2.48. The van der Waals surface area contributed by atoms with Crippen LogP contribution in [0, 0.1) is 0 Å². The summed E-state index contributed by atoms with van der Waals surface area (Å²) < 4.78 is 32.3. The molecule has 1 heterocycles. The maximum Gasteiger partial charge on any atom is 0.243 e. The van der Waals surface area contributed by atoms with Crippen LogP contribution in [0.15, 0.2) is 78.9 Å². The van der Waals surface area contributed by atoms with Gasteiger partial charge in [-0.2, -0.15) is 0 Å². The van der Waals surface area contributed by atoms with Crippen LogP contribution in [-0.2, 0) is 23.7 Å². The molecule has 3 aromatic carbocycles. The van der Waals surface area contributed by atoms with E-state index in [-0.39, 0.29) is 25.5 Å². The van der Waals surface area contributed by atoms with Crippen molar-refractivity contribution in [2.75, 3.05) is 93.5 Å². The molecule has 0 bridgehead atoms. The number of methoxy groups -OCH3 is 2. The zero-order valence-electron chi connectivity index (χ0n) is 28.7. The van der Waals surface area contributed by atoms with Gasteiger partial charge in [0, 0.05) is 58.0 Å². The molecule has 0 aromatic heterocycles. The van der Waals surface area contributed by atoms with Crippen LogP contribution >= 0.6 is 11.6 Å². The number of rotatable bonds is 22. The molecule has 0 spiro atoms. The van der Waals surface area contributed by atoms with E-state index in [2.05, 4.69) is 57.6 Å². The highest BCUT2D eigenvalue weighted by Gasteiger charge is 2.26. The van der Waals surface area contributed by atoms with Gasteiger partial charge in [0.15, 0.2) is 25.1 Å². The molecule has 1 saturated heterocycles. The molecule has 0 aliphatic carbocycles. The van der Waals surface area contributed by atoms with Crippen molar-refractivity contribution in [3.05, 3.63) is 101 Å². The number of carbonyl (C=O) groups excluding carboxylic acids is 1. The summed E-state index contributed by atoms with van der Waals surface area (Å²) in [4.78, 5) is 17.6. The van der Waals surface area contributed by atoms with E-state index in [0.717, 1.165) is 56.2 Å². The molecule has 49 heavy (non-hydrogen) atoms. The first-order chi connectivity index (χ1) is 24.1. The summed E-state index contributed by atoms with van der Waals surface area (Å²) in [7, 11) is 3.22. The average Bonchev–Trinajstić information content (AvgIpc) is 3.13. The molecule has 1 fully saturated rings. The first-order valence-electron chi connectivity index (χ1n) is 16.8. The number of piperazine rings is 1. The summed E-state index contributed by atoms with van der Waals surface area (Å²) >= 11 is 6.19. The fraction of sp³-hybridized carbons (Fsp3) is 0.447. The third kappa shape index (κ3) is 13.7. The lowest BCUT2D eigenvalue weighted by Gasteiger charge is -2.40. The smallest absolute Gasteiger partial charge is 0.243 e. The Hall–Kier alpha value is -3.48. The molecule has 266 valence electrons. The minimum absolute atomic E-state index is 0.0329. The monoisotopic (exact) mass is 695 g/mol. The van der Waals surface area contributed by atoms with Crippen LogP contribution in [0.25, 0.3) is 6.08 Å². The van der Waals surface area contributed by atoms with E-state index in [1.165, 1.54) is 17.2 Å². The molecule has 1 aliphatic rings. The highest BCUT2D eigenvalue weighted by Crippen LogP contribution is 2.31. The number of nitrogens with one attached hydrogen (secondary N) is 1. The van der Waals surface area contributed by atoms with E-state index >= 15 is 0 Å². The lowest BCUT2D eigenvalue weighted by atomic mass is 9.96. The fourth-order valence-corrected chi connectivity index (χ4v) is 5.64. The van der Waals surface area contributed by atoms with E-state index in [4.69, 9.17) is 40.0 Å². The summed E-state index contributed by atoms with van der Waals surface area (Å²) in [5.74, 6) is 0.852. The predicted octanol–water partition coefficient (Wildman–Crippen LogP) is 5.66. The highest BCUT2D eigenvalue weighted by molar-refractivity contribution is 6.30. The van der Waals surface area contributed by atoms with Gasteiger partial charge in [0.05, 0.1) is 32.5 Å². The SMILES string of the molecule is COCCOCOc1ccc(C=CC(=O)NCCCCN2CCN(C(c3ccccc3)c3ccc(Cl)cc3)CC2)cc1OCOCCOC. The number of hydrogen-bond donors (Lipinski definition) is 1. The van der Waals surface area contributed by atoms with E-state index < -0.39 is 0 Å². The van der Waals surface area contributed by atoms with Crippen molar-refractivity contribution in [3.8, 4) is 11.5 Å². The number of ether oxygens (including phenoxy) is 6. The van der Waals surface area contributed by atoms with Crippen molar-refractivity contribution in [1.29, 1.82) is 0 Å². The number of carbonyl (C=O) groups is 1. The minimum Gasteiger partial charge on any atom is -0.464 e. The van der Waals surface area contributed by atoms with E-state index in [0.29, 0.717) is 44.5 Å². The molecular formula is C38H50ClN3O7. The summed E-state index contributed by atoms with van der Waals surface area (Å²) in [5, 5.41) is 3.76. The quantitative estimate of drug-likeness (QED) is 0.0813. The van der Waals surface area contributed by atoms with Crippen molar-refractivity contribution >= 4 is 23.6 Å². The molecule has 1 N–H and O–H groups in total. The third-order valence-electron chi connectivity index (χ3n) is 8.13. The lowest BCUT2D eigenvalue weighted by molar-refractivity contribution is -0.116. The second-order valence-corrected chi connectivity index (χ2v) is 12.0. The van der Waals surface area contributed by atoms with Gasteiger partial charge in [-0.3, -0.25) is 9.69 Å². The van der Waals surface area contributed by atoms with Crippen LogP contribution in [0.2, 0.25) is 5.02 Å². The van der Waals surface area contributed by atoms with Crippen LogP contribution in [0.4, 0.5) is 0 Å². The van der Waals surface area contributed by atoms with E-state index in [9.17, 15) is 4.79 Å². The topological polar surface area (TPSA) is 91.0 Å². The van der Waals surface area contributed by atoms with Crippen molar-refractivity contribution in [3.63, 3.8) is 0 Å². The number of halogens is 1. The number of amides is 1. The summed E-state index contributed by atoms with van der Waals surface area (Å²) in [6, 6.07) is 24.5. The fourth-order valence-electron chi connectivity index (χ4n) is 5.52. The molecule has 0 radical (unpaired) electrons.